The molecule has 3 rings (SSSR count). The summed E-state index contributed by atoms with van der Waals surface area (Å²) >= 11 is 0. The number of aromatic nitrogens is 1. The molecule has 154 valence electrons. The highest BCUT2D eigenvalue weighted by Gasteiger charge is 2.17. The number of piperidine rings is 1. The first kappa shape index (κ1) is 23.4. The van der Waals surface area contributed by atoms with Gasteiger partial charge >= 0.3 is 0 Å². The molecule has 27 heavy (non-hydrogen) atoms. The summed E-state index contributed by atoms with van der Waals surface area (Å²) in [5, 5.41) is 10.5. The van der Waals surface area contributed by atoms with E-state index in [1.807, 2.05) is 13.8 Å². The molecule has 1 aromatic rings. The Balaban J connectivity index is 0.000000282. The van der Waals surface area contributed by atoms with Crippen LogP contribution >= 0.6 is 0 Å². The summed E-state index contributed by atoms with van der Waals surface area (Å²) in [6, 6.07) is 3.24. The van der Waals surface area contributed by atoms with Crippen LogP contribution in [0, 0.1) is 27.9 Å². The topological polar surface area (TPSA) is 59.3 Å². The first-order chi connectivity index (χ1) is 13.0. The maximum absolute atomic E-state index is 10.5. The van der Waals surface area contributed by atoms with Crippen molar-refractivity contribution in [2.24, 2.45) is 17.8 Å². The minimum Gasteiger partial charge on any atom is -0.357 e. The smallest absolute Gasteiger partial charge is 0.287 e. The monoisotopic (exact) mass is 377 g/mol. The largest absolute Gasteiger partial charge is 0.357 e. The second-order valence-electron chi connectivity index (χ2n) is 7.84. The quantitative estimate of drug-likeness (QED) is 0.447. The second kappa shape index (κ2) is 12.7. The molecule has 1 aliphatic heterocycles. The normalized spacial score (nSPS) is 22.8. The van der Waals surface area contributed by atoms with Crippen molar-refractivity contribution < 1.29 is 4.92 Å². The van der Waals surface area contributed by atoms with Crippen molar-refractivity contribution in [3.8, 4) is 0 Å². The van der Waals surface area contributed by atoms with E-state index < -0.39 is 4.92 Å². The van der Waals surface area contributed by atoms with Crippen LogP contribution in [0.3, 0.4) is 0 Å². The van der Waals surface area contributed by atoms with Crippen LogP contribution in [0.15, 0.2) is 18.3 Å². The van der Waals surface area contributed by atoms with Crippen LogP contribution in [0.25, 0.3) is 0 Å². The lowest BCUT2D eigenvalue weighted by Gasteiger charge is -2.30. The molecule has 0 unspecified atom stereocenters. The highest BCUT2D eigenvalue weighted by atomic mass is 16.6. The molecule has 0 atom stereocenters. The Hall–Kier alpha value is -1.65. The first-order valence-corrected chi connectivity index (χ1v) is 10.8. The Morgan fingerprint density at radius 1 is 1.04 bits per heavy atom. The van der Waals surface area contributed by atoms with E-state index in [2.05, 4.69) is 30.7 Å². The summed E-state index contributed by atoms with van der Waals surface area (Å²) in [6.07, 6.45) is 11.0. The van der Waals surface area contributed by atoms with E-state index in [1.54, 1.807) is 6.07 Å². The molecule has 1 saturated carbocycles. The molecule has 2 heterocycles. The lowest BCUT2D eigenvalue weighted by Crippen LogP contribution is -2.33. The fourth-order valence-electron chi connectivity index (χ4n) is 3.65. The highest BCUT2D eigenvalue weighted by molar-refractivity contribution is 5.43. The second-order valence-corrected chi connectivity index (χ2v) is 7.84. The molecule has 0 aromatic carbocycles. The van der Waals surface area contributed by atoms with Gasteiger partial charge in [-0.2, -0.15) is 0 Å². The van der Waals surface area contributed by atoms with Gasteiger partial charge < -0.3 is 4.90 Å². The molecule has 2 fully saturated rings. The maximum atomic E-state index is 10.5. The number of pyridine rings is 1. The molecule has 1 aliphatic carbocycles. The number of hydrogen-bond acceptors (Lipinski definition) is 4. The molecule has 5 heteroatoms. The fraction of sp³-hybridized carbons (Fsp3) is 0.773. The SMILES string of the molecule is CC.CC1CCN(c2ccc([N+](=O)[O-])cn2)CC1.CCC1CCC(C)CC1. The lowest BCUT2D eigenvalue weighted by atomic mass is 9.82. The summed E-state index contributed by atoms with van der Waals surface area (Å²) in [5.74, 6) is 3.71. The third-order valence-electron chi connectivity index (χ3n) is 5.76. The van der Waals surface area contributed by atoms with Crippen molar-refractivity contribution in [2.45, 2.75) is 79.6 Å². The van der Waals surface area contributed by atoms with E-state index in [9.17, 15) is 10.1 Å². The van der Waals surface area contributed by atoms with Gasteiger partial charge in [0.25, 0.3) is 5.69 Å². The van der Waals surface area contributed by atoms with E-state index in [-0.39, 0.29) is 5.69 Å². The number of hydrogen-bond donors (Lipinski definition) is 0. The fourth-order valence-corrected chi connectivity index (χ4v) is 3.65. The average Bonchev–Trinajstić information content (AvgIpc) is 2.71. The van der Waals surface area contributed by atoms with Gasteiger partial charge in [0.2, 0.25) is 0 Å². The van der Waals surface area contributed by atoms with Gasteiger partial charge in [0.1, 0.15) is 12.0 Å². The van der Waals surface area contributed by atoms with Gasteiger partial charge in [-0.05, 0) is 36.7 Å². The van der Waals surface area contributed by atoms with Gasteiger partial charge in [-0.25, -0.2) is 4.98 Å². The van der Waals surface area contributed by atoms with Crippen molar-refractivity contribution in [1.29, 1.82) is 0 Å². The van der Waals surface area contributed by atoms with E-state index in [4.69, 9.17) is 0 Å². The zero-order chi connectivity index (χ0) is 20.2. The van der Waals surface area contributed by atoms with Crippen LogP contribution in [-0.4, -0.2) is 23.0 Å². The molecule has 2 aliphatic rings. The predicted octanol–water partition coefficient (Wildman–Crippen LogP) is 6.48. The molecule has 1 saturated heterocycles. The van der Waals surface area contributed by atoms with Crippen LogP contribution < -0.4 is 4.90 Å². The predicted molar refractivity (Wildman–Crippen MR) is 114 cm³/mol. The van der Waals surface area contributed by atoms with Gasteiger partial charge in [0, 0.05) is 19.2 Å². The maximum Gasteiger partial charge on any atom is 0.287 e. The van der Waals surface area contributed by atoms with Gasteiger partial charge in [-0.3, -0.25) is 10.1 Å². The van der Waals surface area contributed by atoms with Gasteiger partial charge in [0.05, 0.1) is 4.92 Å². The van der Waals surface area contributed by atoms with Crippen molar-refractivity contribution in [1.82, 2.24) is 4.98 Å². The van der Waals surface area contributed by atoms with Crippen LogP contribution in [0.2, 0.25) is 0 Å². The third-order valence-corrected chi connectivity index (χ3v) is 5.76. The minimum atomic E-state index is -0.422. The molecule has 1 aromatic heterocycles. The summed E-state index contributed by atoms with van der Waals surface area (Å²) in [7, 11) is 0. The Kier molecular flexibility index (Phi) is 11.0. The zero-order valence-electron chi connectivity index (χ0n) is 18.0. The first-order valence-electron chi connectivity index (χ1n) is 10.8. The number of nitro groups is 1. The Morgan fingerprint density at radius 3 is 2.04 bits per heavy atom. The van der Waals surface area contributed by atoms with Crippen LogP contribution in [0.5, 0.6) is 0 Å². The lowest BCUT2D eigenvalue weighted by molar-refractivity contribution is -0.385. The molecular formula is C22H39N3O2. The van der Waals surface area contributed by atoms with E-state index in [0.717, 1.165) is 36.7 Å². The molecule has 0 N–H and O–H groups in total. The molecule has 0 bridgehead atoms. The summed E-state index contributed by atoms with van der Waals surface area (Å²) in [6.45, 7) is 12.9. The van der Waals surface area contributed by atoms with Crippen LogP contribution in [-0.2, 0) is 0 Å². The summed E-state index contributed by atoms with van der Waals surface area (Å²) < 4.78 is 0. The Bertz CT molecular complexity index is 517. The van der Waals surface area contributed by atoms with Crippen molar-refractivity contribution >= 4 is 11.5 Å². The van der Waals surface area contributed by atoms with Crippen molar-refractivity contribution in [2.75, 3.05) is 18.0 Å². The standard InChI is InChI=1S/C11H15N3O2.C9H18.C2H6/c1-9-4-6-13(7-5-9)11-3-2-10(8-12-11)14(15)16;1-3-9-6-4-8(2)5-7-9;1-2/h2-3,8-9H,4-7H2,1H3;8-9H,3-7H2,1-2H3;1-2H3. The molecule has 0 radical (unpaired) electrons. The van der Waals surface area contributed by atoms with Crippen molar-refractivity contribution in [3.05, 3.63) is 28.4 Å². The summed E-state index contributed by atoms with van der Waals surface area (Å²) in [5.41, 5.74) is 0.0501. The third kappa shape index (κ3) is 8.27. The molecule has 5 nitrogen and oxygen atoms in total. The molecular weight excluding hydrogens is 338 g/mol. The van der Waals surface area contributed by atoms with E-state index in [1.165, 1.54) is 57.2 Å². The highest BCUT2D eigenvalue weighted by Crippen LogP contribution is 2.29. The Morgan fingerprint density at radius 2 is 1.59 bits per heavy atom. The van der Waals surface area contributed by atoms with Crippen LogP contribution in [0.4, 0.5) is 11.5 Å². The number of anilines is 1. The number of rotatable bonds is 3. The zero-order valence-corrected chi connectivity index (χ0v) is 18.0. The van der Waals surface area contributed by atoms with Gasteiger partial charge in [-0.15, -0.1) is 0 Å². The van der Waals surface area contributed by atoms with Gasteiger partial charge in [-0.1, -0.05) is 66.7 Å². The Labute approximate surface area is 165 Å². The summed E-state index contributed by atoms with van der Waals surface area (Å²) in [4.78, 5) is 16.4. The molecule has 0 amide bonds. The van der Waals surface area contributed by atoms with Gasteiger partial charge in [0.15, 0.2) is 0 Å². The molecule has 0 spiro atoms. The van der Waals surface area contributed by atoms with Crippen LogP contribution in [0.1, 0.15) is 79.6 Å². The number of nitrogens with zero attached hydrogens (tertiary/aromatic N) is 3. The average molecular weight is 378 g/mol. The van der Waals surface area contributed by atoms with Crippen molar-refractivity contribution in [3.63, 3.8) is 0 Å². The van der Waals surface area contributed by atoms with E-state index >= 15 is 0 Å². The minimum absolute atomic E-state index is 0.0501. The van der Waals surface area contributed by atoms with E-state index in [0.29, 0.717) is 0 Å².